The number of carbonyl (C=O) groups is 1. The Morgan fingerprint density at radius 2 is 2.24 bits per heavy atom. The maximum atomic E-state index is 12.9. The van der Waals surface area contributed by atoms with Gasteiger partial charge in [-0.3, -0.25) is 4.79 Å². The zero-order valence-electron chi connectivity index (χ0n) is 11.8. The summed E-state index contributed by atoms with van der Waals surface area (Å²) in [6, 6.07) is 6.04. The van der Waals surface area contributed by atoms with Crippen LogP contribution in [0.4, 0.5) is 4.39 Å². The van der Waals surface area contributed by atoms with Crippen LogP contribution in [0.2, 0.25) is 0 Å². The van der Waals surface area contributed by atoms with Gasteiger partial charge in [-0.2, -0.15) is 0 Å². The lowest BCUT2D eigenvalue weighted by Crippen LogP contribution is -2.48. The summed E-state index contributed by atoms with van der Waals surface area (Å²) in [4.78, 5) is 11.9. The molecule has 7 heteroatoms. The predicted molar refractivity (Wildman–Crippen MR) is 79.0 cm³/mol. The minimum Gasteiger partial charge on any atom is -0.375 e. The summed E-state index contributed by atoms with van der Waals surface area (Å²) in [5.74, 6) is -0.462. The summed E-state index contributed by atoms with van der Waals surface area (Å²) >= 11 is 0. The van der Waals surface area contributed by atoms with Gasteiger partial charge in [0.1, 0.15) is 11.9 Å². The first-order chi connectivity index (χ1) is 9.70. The van der Waals surface area contributed by atoms with Crippen LogP contribution in [0.3, 0.4) is 0 Å². The Bertz CT molecular complexity index is 438. The fourth-order valence-electron chi connectivity index (χ4n) is 2.06. The molecule has 1 heterocycles. The van der Waals surface area contributed by atoms with E-state index >= 15 is 0 Å². The van der Waals surface area contributed by atoms with Crippen molar-refractivity contribution in [2.75, 3.05) is 33.4 Å². The van der Waals surface area contributed by atoms with E-state index in [4.69, 9.17) is 9.47 Å². The summed E-state index contributed by atoms with van der Waals surface area (Å²) < 4.78 is 23.6. The van der Waals surface area contributed by atoms with E-state index in [-0.39, 0.29) is 30.2 Å². The minimum atomic E-state index is -0.463. The molecule has 1 amide bonds. The van der Waals surface area contributed by atoms with Crippen molar-refractivity contribution in [3.63, 3.8) is 0 Å². The Labute approximate surface area is 129 Å². The lowest BCUT2D eigenvalue weighted by atomic mass is 10.1. The molecule has 2 rings (SSSR count). The molecule has 2 N–H and O–H groups in total. The number of morpholine rings is 1. The minimum absolute atomic E-state index is 0. The molecule has 0 bridgehead atoms. The van der Waals surface area contributed by atoms with Gasteiger partial charge in [-0.15, -0.1) is 12.4 Å². The molecule has 1 fully saturated rings. The second-order valence-electron chi connectivity index (χ2n) is 4.58. The molecule has 0 aromatic heterocycles. The molecule has 0 radical (unpaired) electrons. The fourth-order valence-corrected chi connectivity index (χ4v) is 2.06. The van der Waals surface area contributed by atoms with Crippen LogP contribution in [-0.2, 0) is 14.3 Å². The quantitative estimate of drug-likeness (QED) is 0.851. The summed E-state index contributed by atoms with van der Waals surface area (Å²) in [5, 5.41) is 5.89. The third kappa shape index (κ3) is 5.24. The van der Waals surface area contributed by atoms with Crippen molar-refractivity contribution in [3.05, 3.63) is 35.6 Å². The molecule has 1 aliphatic rings. The fraction of sp³-hybridized carbons (Fsp3) is 0.500. The molecule has 5 nitrogen and oxygen atoms in total. The standard InChI is InChI=1S/C14H19FN2O3.ClH/c1-19-12(10-2-4-11(15)5-3-10)9-17-14(18)13-8-16-6-7-20-13;/h2-5,12-13,16H,6-9H2,1H3,(H,17,18);1H. The molecular formula is C14H20ClFN2O3. The maximum Gasteiger partial charge on any atom is 0.250 e. The van der Waals surface area contributed by atoms with Crippen LogP contribution in [0, 0.1) is 5.82 Å². The van der Waals surface area contributed by atoms with E-state index in [0.717, 1.165) is 12.1 Å². The van der Waals surface area contributed by atoms with Crippen LogP contribution in [0.5, 0.6) is 0 Å². The second kappa shape index (κ2) is 8.94. The van der Waals surface area contributed by atoms with Crippen molar-refractivity contribution in [2.24, 2.45) is 0 Å². The molecule has 0 aliphatic carbocycles. The summed E-state index contributed by atoms with van der Waals surface area (Å²) in [7, 11) is 1.55. The highest BCUT2D eigenvalue weighted by atomic mass is 35.5. The molecule has 2 atom stereocenters. The Hall–Kier alpha value is -1.21. The second-order valence-corrected chi connectivity index (χ2v) is 4.58. The van der Waals surface area contributed by atoms with Gasteiger partial charge in [0.15, 0.2) is 0 Å². The van der Waals surface area contributed by atoms with Gasteiger partial charge in [-0.05, 0) is 17.7 Å². The monoisotopic (exact) mass is 318 g/mol. The molecule has 0 spiro atoms. The number of hydrogen-bond donors (Lipinski definition) is 2. The zero-order valence-corrected chi connectivity index (χ0v) is 12.6. The molecule has 1 aromatic rings. The van der Waals surface area contributed by atoms with Crippen LogP contribution < -0.4 is 10.6 Å². The molecule has 1 saturated heterocycles. The van der Waals surface area contributed by atoms with Crippen molar-refractivity contribution in [1.82, 2.24) is 10.6 Å². The smallest absolute Gasteiger partial charge is 0.250 e. The number of carbonyl (C=O) groups excluding carboxylic acids is 1. The molecular weight excluding hydrogens is 299 g/mol. The number of methoxy groups -OCH3 is 1. The highest BCUT2D eigenvalue weighted by Gasteiger charge is 2.22. The normalized spacial score (nSPS) is 19.4. The lowest BCUT2D eigenvalue weighted by molar-refractivity contribution is -0.134. The maximum absolute atomic E-state index is 12.9. The Morgan fingerprint density at radius 1 is 1.52 bits per heavy atom. The number of halogens is 2. The average molecular weight is 319 g/mol. The van der Waals surface area contributed by atoms with Gasteiger partial charge in [0, 0.05) is 26.7 Å². The van der Waals surface area contributed by atoms with Gasteiger partial charge >= 0.3 is 0 Å². The average Bonchev–Trinajstić information content (AvgIpc) is 2.50. The van der Waals surface area contributed by atoms with Crippen molar-refractivity contribution < 1.29 is 18.7 Å². The Balaban J connectivity index is 0.00000220. The van der Waals surface area contributed by atoms with E-state index in [0.29, 0.717) is 19.7 Å². The number of amides is 1. The van der Waals surface area contributed by atoms with E-state index in [1.807, 2.05) is 0 Å². The summed E-state index contributed by atoms with van der Waals surface area (Å²) in [6.45, 7) is 2.13. The molecule has 21 heavy (non-hydrogen) atoms. The number of hydrogen-bond acceptors (Lipinski definition) is 4. The van der Waals surface area contributed by atoms with E-state index < -0.39 is 6.10 Å². The van der Waals surface area contributed by atoms with E-state index in [1.54, 1.807) is 19.2 Å². The van der Waals surface area contributed by atoms with E-state index in [9.17, 15) is 9.18 Å². The van der Waals surface area contributed by atoms with Gasteiger partial charge in [-0.25, -0.2) is 4.39 Å². The third-order valence-corrected chi connectivity index (χ3v) is 3.21. The summed E-state index contributed by atoms with van der Waals surface area (Å²) in [6.07, 6.45) is -0.773. The van der Waals surface area contributed by atoms with Crippen LogP contribution in [0.25, 0.3) is 0 Å². The third-order valence-electron chi connectivity index (χ3n) is 3.21. The van der Waals surface area contributed by atoms with Gasteiger partial charge in [-0.1, -0.05) is 12.1 Å². The van der Waals surface area contributed by atoms with Crippen molar-refractivity contribution in [3.8, 4) is 0 Å². The van der Waals surface area contributed by atoms with Gasteiger partial charge in [0.25, 0.3) is 5.91 Å². The first-order valence-electron chi connectivity index (χ1n) is 6.59. The zero-order chi connectivity index (χ0) is 14.4. The van der Waals surface area contributed by atoms with Gasteiger partial charge in [0.05, 0.1) is 12.7 Å². The number of rotatable bonds is 5. The Kier molecular flexibility index (Phi) is 7.60. The van der Waals surface area contributed by atoms with E-state index in [2.05, 4.69) is 10.6 Å². The first kappa shape index (κ1) is 17.8. The SMILES string of the molecule is COC(CNC(=O)C1CNCCO1)c1ccc(F)cc1.Cl. The molecule has 1 aliphatic heterocycles. The van der Waals surface area contributed by atoms with Crippen LogP contribution in [-0.4, -0.2) is 45.4 Å². The molecule has 0 saturated carbocycles. The van der Waals surface area contributed by atoms with Crippen molar-refractivity contribution >= 4 is 18.3 Å². The van der Waals surface area contributed by atoms with Gasteiger partial charge in [0.2, 0.25) is 0 Å². The number of benzene rings is 1. The Morgan fingerprint density at radius 3 is 2.81 bits per heavy atom. The molecule has 1 aromatic carbocycles. The number of ether oxygens (including phenoxy) is 2. The topological polar surface area (TPSA) is 59.6 Å². The molecule has 2 unspecified atom stereocenters. The lowest BCUT2D eigenvalue weighted by Gasteiger charge is -2.24. The van der Waals surface area contributed by atoms with Crippen molar-refractivity contribution in [1.29, 1.82) is 0 Å². The van der Waals surface area contributed by atoms with Crippen LogP contribution >= 0.6 is 12.4 Å². The van der Waals surface area contributed by atoms with Crippen molar-refractivity contribution in [2.45, 2.75) is 12.2 Å². The summed E-state index contributed by atoms with van der Waals surface area (Å²) in [5.41, 5.74) is 0.817. The first-order valence-corrected chi connectivity index (χ1v) is 6.59. The molecule has 118 valence electrons. The predicted octanol–water partition coefficient (Wildman–Crippen LogP) is 1.04. The highest BCUT2D eigenvalue weighted by Crippen LogP contribution is 2.16. The largest absolute Gasteiger partial charge is 0.375 e. The van der Waals surface area contributed by atoms with Crippen LogP contribution in [0.15, 0.2) is 24.3 Å². The van der Waals surface area contributed by atoms with Crippen LogP contribution in [0.1, 0.15) is 11.7 Å². The number of nitrogens with one attached hydrogen (secondary N) is 2. The van der Waals surface area contributed by atoms with E-state index in [1.165, 1.54) is 12.1 Å². The highest BCUT2D eigenvalue weighted by molar-refractivity contribution is 5.85. The van der Waals surface area contributed by atoms with Gasteiger partial charge < -0.3 is 20.1 Å².